The SMILES string of the molecule is CCCCN(CCCC)C(=O)c1cc(C)n(-c2ccc(NC(=O)c3ccc(Oc4ccc(F)cc4)cc3)cc2C(=O)N2Cc3ccccc3C[C@H]2CO)n1. The molecule has 280 valence electrons. The van der Waals surface area contributed by atoms with Crippen LogP contribution in [0.25, 0.3) is 5.69 Å². The fraction of sp³-hybridized carbons (Fsp3) is 0.302. The van der Waals surface area contributed by atoms with Gasteiger partial charge in [0.2, 0.25) is 0 Å². The Morgan fingerprint density at radius 1 is 0.889 bits per heavy atom. The summed E-state index contributed by atoms with van der Waals surface area (Å²) in [5.74, 6) is -0.334. The van der Waals surface area contributed by atoms with Gasteiger partial charge >= 0.3 is 0 Å². The van der Waals surface area contributed by atoms with Crippen LogP contribution in [0.3, 0.4) is 0 Å². The molecule has 54 heavy (non-hydrogen) atoms. The van der Waals surface area contributed by atoms with Crippen molar-refractivity contribution in [3.8, 4) is 17.2 Å². The highest BCUT2D eigenvalue weighted by atomic mass is 19.1. The van der Waals surface area contributed by atoms with Crippen molar-refractivity contribution < 1.29 is 28.6 Å². The van der Waals surface area contributed by atoms with E-state index in [1.807, 2.05) is 36.1 Å². The molecule has 2 heterocycles. The molecule has 1 aliphatic rings. The van der Waals surface area contributed by atoms with Gasteiger partial charge in [-0.05, 0) is 110 Å². The molecule has 5 aromatic rings. The van der Waals surface area contributed by atoms with E-state index in [1.165, 1.54) is 24.3 Å². The average Bonchev–Trinajstić information content (AvgIpc) is 3.58. The minimum atomic E-state index is -0.462. The summed E-state index contributed by atoms with van der Waals surface area (Å²) in [6.45, 7) is 7.39. The zero-order chi connectivity index (χ0) is 38.2. The molecule has 3 amide bonds. The van der Waals surface area contributed by atoms with Crippen molar-refractivity contribution in [3.63, 3.8) is 0 Å². The molecular weight excluding hydrogens is 686 g/mol. The molecule has 10 nitrogen and oxygen atoms in total. The van der Waals surface area contributed by atoms with Crippen LogP contribution in [0.5, 0.6) is 11.5 Å². The number of aromatic nitrogens is 2. The Labute approximate surface area is 315 Å². The van der Waals surface area contributed by atoms with E-state index < -0.39 is 11.9 Å². The highest BCUT2D eigenvalue weighted by Crippen LogP contribution is 2.30. The standard InChI is InChI=1S/C43H46FN5O5/c1-4-6-22-47(23-7-5-2)43(53)39-24-29(3)49(46-39)40-21-16-34(26-38(40)42(52)48-27-32-11-9-8-10-31(32)25-35(48)28-50)45-41(51)30-12-17-36(18-13-30)54-37-19-14-33(44)15-20-37/h8-21,24,26,35,50H,4-7,22-23,25,27-28H2,1-3H3,(H,45,51)/t35-/m0/s1. The van der Waals surface area contributed by atoms with Gasteiger partial charge in [-0.15, -0.1) is 0 Å². The van der Waals surface area contributed by atoms with Crippen LogP contribution in [0.15, 0.2) is 97.1 Å². The minimum Gasteiger partial charge on any atom is -0.457 e. The molecule has 1 atom stereocenters. The number of nitrogens with zero attached hydrogens (tertiary/aromatic N) is 4. The molecule has 0 aliphatic carbocycles. The Bertz CT molecular complexity index is 2090. The number of aliphatic hydroxyl groups is 1. The first kappa shape index (κ1) is 37.9. The van der Waals surface area contributed by atoms with E-state index in [-0.39, 0.29) is 29.8 Å². The summed E-state index contributed by atoms with van der Waals surface area (Å²) < 4.78 is 20.7. The van der Waals surface area contributed by atoms with Crippen LogP contribution in [0.1, 0.15) is 87.6 Å². The number of aliphatic hydroxyl groups excluding tert-OH is 1. The normalized spacial score (nSPS) is 13.6. The number of hydrogen-bond acceptors (Lipinski definition) is 6. The Morgan fingerprint density at radius 2 is 1.54 bits per heavy atom. The third kappa shape index (κ3) is 8.69. The lowest BCUT2D eigenvalue weighted by atomic mass is 9.93. The van der Waals surface area contributed by atoms with Crippen LogP contribution < -0.4 is 10.1 Å². The molecule has 0 saturated carbocycles. The molecule has 0 saturated heterocycles. The average molecular weight is 732 g/mol. The number of halogens is 1. The van der Waals surface area contributed by atoms with Crippen LogP contribution in [-0.4, -0.2) is 68.1 Å². The maximum absolute atomic E-state index is 14.6. The monoisotopic (exact) mass is 731 g/mol. The molecule has 0 fully saturated rings. The van der Waals surface area contributed by atoms with Crippen LogP contribution in [0, 0.1) is 12.7 Å². The van der Waals surface area contributed by atoms with Crippen LogP contribution >= 0.6 is 0 Å². The van der Waals surface area contributed by atoms with Crippen molar-refractivity contribution in [3.05, 3.63) is 137 Å². The number of hydrogen-bond donors (Lipinski definition) is 2. The molecule has 0 unspecified atom stereocenters. The lowest BCUT2D eigenvalue weighted by Gasteiger charge is -2.36. The second-order valence-electron chi connectivity index (χ2n) is 13.6. The molecule has 1 aromatic heterocycles. The first-order valence-electron chi connectivity index (χ1n) is 18.5. The summed E-state index contributed by atoms with van der Waals surface area (Å²) in [7, 11) is 0. The zero-order valence-electron chi connectivity index (χ0n) is 30.9. The molecule has 11 heteroatoms. The number of aryl methyl sites for hydroxylation is 1. The van der Waals surface area contributed by atoms with Gasteiger partial charge in [-0.1, -0.05) is 51.0 Å². The second-order valence-corrected chi connectivity index (χ2v) is 13.6. The van der Waals surface area contributed by atoms with E-state index in [2.05, 4.69) is 19.2 Å². The Kier molecular flexibility index (Phi) is 12.2. The number of carbonyl (C=O) groups excluding carboxylic acids is 3. The fourth-order valence-electron chi connectivity index (χ4n) is 6.63. The number of fused-ring (bicyclic) bond motifs is 1. The Balaban J connectivity index is 1.31. The lowest BCUT2D eigenvalue weighted by Crippen LogP contribution is -2.46. The Hall–Kier alpha value is -5.81. The van der Waals surface area contributed by atoms with Gasteiger partial charge in [0, 0.05) is 36.6 Å². The number of unbranched alkanes of at least 4 members (excludes halogenated alkanes) is 2. The molecule has 0 bridgehead atoms. The van der Waals surface area contributed by atoms with Crippen molar-refractivity contribution in [2.75, 3.05) is 25.0 Å². The van der Waals surface area contributed by atoms with Gasteiger partial charge in [-0.2, -0.15) is 5.10 Å². The van der Waals surface area contributed by atoms with Gasteiger partial charge in [0.15, 0.2) is 5.69 Å². The smallest absolute Gasteiger partial charge is 0.274 e. The summed E-state index contributed by atoms with van der Waals surface area (Å²) in [5, 5.41) is 18.1. The van der Waals surface area contributed by atoms with Gasteiger partial charge < -0.3 is 25.0 Å². The summed E-state index contributed by atoms with van der Waals surface area (Å²) in [6.07, 6.45) is 4.20. The van der Waals surface area contributed by atoms with E-state index in [1.54, 1.807) is 58.1 Å². The van der Waals surface area contributed by atoms with Crippen molar-refractivity contribution >= 4 is 23.4 Å². The van der Waals surface area contributed by atoms with Crippen molar-refractivity contribution in [1.82, 2.24) is 19.6 Å². The van der Waals surface area contributed by atoms with Crippen molar-refractivity contribution in [2.45, 2.75) is 65.5 Å². The number of benzene rings is 4. The summed E-state index contributed by atoms with van der Waals surface area (Å²) >= 11 is 0. The summed E-state index contributed by atoms with van der Waals surface area (Å²) in [6, 6.07) is 26.3. The predicted octanol–water partition coefficient (Wildman–Crippen LogP) is 7.97. The summed E-state index contributed by atoms with van der Waals surface area (Å²) in [5.41, 5.74) is 4.47. The largest absolute Gasteiger partial charge is 0.457 e. The van der Waals surface area contributed by atoms with E-state index in [0.29, 0.717) is 65.9 Å². The van der Waals surface area contributed by atoms with Gasteiger partial charge in [-0.3, -0.25) is 14.4 Å². The predicted molar refractivity (Wildman–Crippen MR) is 206 cm³/mol. The van der Waals surface area contributed by atoms with E-state index in [4.69, 9.17) is 9.84 Å². The van der Waals surface area contributed by atoms with Crippen LogP contribution in [0.2, 0.25) is 0 Å². The molecule has 0 spiro atoms. The van der Waals surface area contributed by atoms with E-state index in [0.717, 1.165) is 36.8 Å². The number of amides is 3. The topological polar surface area (TPSA) is 117 Å². The van der Waals surface area contributed by atoms with Gasteiger partial charge in [0.25, 0.3) is 17.7 Å². The molecule has 2 N–H and O–H groups in total. The molecule has 4 aromatic carbocycles. The maximum atomic E-state index is 14.6. The molecule has 6 rings (SSSR count). The van der Waals surface area contributed by atoms with Crippen molar-refractivity contribution in [1.29, 1.82) is 0 Å². The highest BCUT2D eigenvalue weighted by Gasteiger charge is 2.32. The fourth-order valence-corrected chi connectivity index (χ4v) is 6.63. The van der Waals surface area contributed by atoms with Crippen molar-refractivity contribution in [2.24, 2.45) is 0 Å². The van der Waals surface area contributed by atoms with Crippen LogP contribution in [-0.2, 0) is 13.0 Å². The number of ether oxygens (including phenoxy) is 1. The first-order chi connectivity index (χ1) is 26.2. The third-order valence-corrected chi connectivity index (χ3v) is 9.66. The maximum Gasteiger partial charge on any atom is 0.274 e. The third-order valence-electron chi connectivity index (χ3n) is 9.66. The quantitative estimate of drug-likeness (QED) is 0.120. The highest BCUT2D eigenvalue weighted by molar-refractivity contribution is 6.06. The Morgan fingerprint density at radius 3 is 2.19 bits per heavy atom. The zero-order valence-corrected chi connectivity index (χ0v) is 30.9. The number of nitrogens with one attached hydrogen (secondary N) is 1. The van der Waals surface area contributed by atoms with Gasteiger partial charge in [-0.25, -0.2) is 9.07 Å². The molecule has 0 radical (unpaired) electrons. The van der Waals surface area contributed by atoms with Gasteiger partial charge in [0.1, 0.15) is 17.3 Å². The molecule has 1 aliphatic heterocycles. The number of carbonyl (C=O) groups is 3. The van der Waals surface area contributed by atoms with Gasteiger partial charge in [0.05, 0.1) is 23.9 Å². The lowest BCUT2D eigenvalue weighted by molar-refractivity contribution is 0.0544. The second kappa shape index (κ2) is 17.3. The number of rotatable bonds is 14. The van der Waals surface area contributed by atoms with Crippen LogP contribution in [0.4, 0.5) is 10.1 Å². The number of anilines is 1. The first-order valence-corrected chi connectivity index (χ1v) is 18.5. The molecular formula is C43H46FN5O5. The minimum absolute atomic E-state index is 0.155. The van der Waals surface area contributed by atoms with E-state index >= 15 is 0 Å². The summed E-state index contributed by atoms with van der Waals surface area (Å²) in [4.78, 5) is 45.3. The van der Waals surface area contributed by atoms with E-state index in [9.17, 15) is 23.9 Å².